The molecule has 210 valence electrons. The summed E-state index contributed by atoms with van der Waals surface area (Å²) in [7, 11) is 0. The molecule has 1 aromatic heterocycles. The molecule has 3 aromatic carbocycles. The molecule has 6 rings (SSSR count). The number of carbonyl (C=O) groups is 1. The fraction of sp³-hybridized carbons (Fsp3) is 0.371. The van der Waals surface area contributed by atoms with E-state index >= 15 is 0 Å². The number of hydrogen-bond donors (Lipinski definition) is 1. The number of ether oxygens (including phenoxy) is 1. The maximum Gasteiger partial charge on any atom is 0.224 e. The first kappa shape index (κ1) is 27.1. The summed E-state index contributed by atoms with van der Waals surface area (Å²) in [6.07, 6.45) is 5.05. The number of carbonyl (C=O) groups excluding carboxylic acids is 1. The van der Waals surface area contributed by atoms with Crippen molar-refractivity contribution in [2.24, 2.45) is 5.92 Å². The van der Waals surface area contributed by atoms with Crippen molar-refractivity contribution in [2.75, 3.05) is 18.4 Å². The number of benzene rings is 3. The number of rotatable bonds is 9. The van der Waals surface area contributed by atoms with E-state index in [1.807, 2.05) is 44.2 Å². The predicted molar refractivity (Wildman–Crippen MR) is 164 cm³/mol. The topological polar surface area (TPSA) is 70.3 Å². The van der Waals surface area contributed by atoms with Crippen molar-refractivity contribution >= 4 is 22.5 Å². The normalized spacial score (nSPS) is 17.5. The van der Waals surface area contributed by atoms with Crippen LogP contribution in [0, 0.1) is 17.2 Å². The van der Waals surface area contributed by atoms with Crippen LogP contribution in [0.2, 0.25) is 0 Å². The molecule has 2 fully saturated rings. The van der Waals surface area contributed by atoms with Crippen LogP contribution in [-0.2, 0) is 11.3 Å². The van der Waals surface area contributed by atoms with E-state index in [4.69, 9.17) is 4.74 Å². The average molecular weight is 547 g/mol. The number of fused-ring (bicyclic) bond motifs is 1. The number of nitrogens with one attached hydrogen (secondary N) is 1. The van der Waals surface area contributed by atoms with Crippen LogP contribution in [0.4, 0.5) is 5.69 Å². The number of aromatic nitrogens is 1. The van der Waals surface area contributed by atoms with Gasteiger partial charge in [-0.3, -0.25) is 9.69 Å². The number of anilines is 1. The molecule has 2 heterocycles. The molecule has 1 N–H and O–H groups in total. The zero-order valence-corrected chi connectivity index (χ0v) is 24.0. The Morgan fingerprint density at radius 2 is 1.83 bits per heavy atom. The Hall–Kier alpha value is -4.08. The Kier molecular flexibility index (Phi) is 7.80. The van der Waals surface area contributed by atoms with Gasteiger partial charge in [0.05, 0.1) is 16.8 Å². The first-order chi connectivity index (χ1) is 20.0. The maximum atomic E-state index is 12.3. The monoisotopic (exact) mass is 546 g/mol. The van der Waals surface area contributed by atoms with Gasteiger partial charge in [-0.15, -0.1) is 0 Å². The molecule has 1 aliphatic carbocycles. The molecule has 0 radical (unpaired) electrons. The van der Waals surface area contributed by atoms with Gasteiger partial charge in [0.1, 0.15) is 17.9 Å². The highest BCUT2D eigenvalue weighted by Crippen LogP contribution is 2.43. The third-order valence-corrected chi connectivity index (χ3v) is 8.34. The lowest BCUT2D eigenvalue weighted by Gasteiger charge is -2.30. The molecule has 1 saturated heterocycles. The van der Waals surface area contributed by atoms with Gasteiger partial charge in [0.15, 0.2) is 0 Å². The average Bonchev–Trinajstić information content (AvgIpc) is 3.50. The Morgan fingerprint density at radius 3 is 2.51 bits per heavy atom. The van der Waals surface area contributed by atoms with E-state index in [9.17, 15) is 10.1 Å². The highest BCUT2D eigenvalue weighted by molar-refractivity contribution is 5.96. The minimum atomic E-state index is 0.0204. The van der Waals surface area contributed by atoms with Crippen LogP contribution in [0.5, 0.6) is 5.75 Å². The number of likely N-dealkylation sites (tertiary alicyclic amines) is 1. The van der Waals surface area contributed by atoms with Gasteiger partial charge in [0.2, 0.25) is 5.91 Å². The van der Waals surface area contributed by atoms with Crippen molar-refractivity contribution in [3.63, 3.8) is 0 Å². The molecule has 6 nitrogen and oxygen atoms in total. The van der Waals surface area contributed by atoms with Crippen LogP contribution in [0.3, 0.4) is 0 Å². The number of nitrogens with zero attached hydrogens (tertiary/aromatic N) is 3. The van der Waals surface area contributed by atoms with Crippen molar-refractivity contribution in [3.05, 3.63) is 83.9 Å². The van der Waals surface area contributed by atoms with Crippen LogP contribution in [-0.4, -0.2) is 34.6 Å². The zero-order valence-electron chi connectivity index (χ0n) is 24.0. The summed E-state index contributed by atoms with van der Waals surface area (Å²) in [6.45, 7) is 6.95. The molecule has 1 aliphatic heterocycles. The third-order valence-electron chi connectivity index (χ3n) is 8.34. The molecule has 4 aromatic rings. The van der Waals surface area contributed by atoms with Gasteiger partial charge in [-0.05, 0) is 67.0 Å². The predicted octanol–water partition coefficient (Wildman–Crippen LogP) is 7.54. The van der Waals surface area contributed by atoms with Gasteiger partial charge >= 0.3 is 0 Å². The largest absolute Gasteiger partial charge is 0.489 e. The van der Waals surface area contributed by atoms with Gasteiger partial charge < -0.3 is 14.6 Å². The Morgan fingerprint density at radius 1 is 1.05 bits per heavy atom. The van der Waals surface area contributed by atoms with E-state index in [2.05, 4.69) is 63.3 Å². The molecule has 41 heavy (non-hydrogen) atoms. The first-order valence-corrected chi connectivity index (χ1v) is 14.9. The summed E-state index contributed by atoms with van der Waals surface area (Å²) in [5, 5.41) is 14.3. The summed E-state index contributed by atoms with van der Waals surface area (Å²) < 4.78 is 8.90. The van der Waals surface area contributed by atoms with Gasteiger partial charge in [-0.25, -0.2) is 0 Å². The van der Waals surface area contributed by atoms with E-state index < -0.39 is 0 Å². The molecule has 0 bridgehead atoms. The molecule has 1 unspecified atom stereocenters. The van der Waals surface area contributed by atoms with E-state index in [0.717, 1.165) is 72.5 Å². The Labute approximate surface area is 242 Å². The van der Waals surface area contributed by atoms with Crippen molar-refractivity contribution < 1.29 is 9.53 Å². The van der Waals surface area contributed by atoms with Crippen molar-refractivity contribution in [1.29, 1.82) is 5.26 Å². The summed E-state index contributed by atoms with van der Waals surface area (Å²) in [5.41, 5.74) is 5.81. The third kappa shape index (κ3) is 5.87. The fourth-order valence-electron chi connectivity index (χ4n) is 6.15. The van der Waals surface area contributed by atoms with Crippen molar-refractivity contribution in [3.8, 4) is 23.1 Å². The van der Waals surface area contributed by atoms with Crippen molar-refractivity contribution in [1.82, 2.24) is 9.47 Å². The first-order valence-electron chi connectivity index (χ1n) is 14.9. The van der Waals surface area contributed by atoms with Crippen LogP contribution >= 0.6 is 0 Å². The molecular formula is C35H38N4O2. The standard InChI is InChI=1S/C35H38N4O2/c1-24(2)19-34(40)37-27-13-11-26(12-14-27)35-32(21-36)31-16-15-29(20-33(31)39(35)28-9-6-10-28)41-30-17-18-38(23-30)22-25-7-4-3-5-8-25/h3-5,7-8,11-16,20,24,28,30H,6,9-10,17-19,22-23H2,1-2H3,(H,37,40). The highest BCUT2D eigenvalue weighted by Gasteiger charge is 2.29. The maximum absolute atomic E-state index is 12.3. The smallest absolute Gasteiger partial charge is 0.224 e. The van der Waals surface area contributed by atoms with E-state index in [0.29, 0.717) is 23.9 Å². The highest BCUT2D eigenvalue weighted by atomic mass is 16.5. The lowest BCUT2D eigenvalue weighted by atomic mass is 9.92. The Balaban J connectivity index is 1.26. The molecule has 6 heteroatoms. The Bertz CT molecular complexity index is 1560. The fourth-order valence-corrected chi connectivity index (χ4v) is 6.15. The second-order valence-electron chi connectivity index (χ2n) is 11.9. The number of amides is 1. The van der Waals surface area contributed by atoms with Gasteiger partial charge in [0, 0.05) is 49.2 Å². The van der Waals surface area contributed by atoms with Crippen LogP contribution in [0.1, 0.15) is 63.1 Å². The molecular weight excluding hydrogens is 508 g/mol. The van der Waals surface area contributed by atoms with Gasteiger partial charge in [-0.1, -0.05) is 56.3 Å². The van der Waals surface area contributed by atoms with E-state index in [1.165, 1.54) is 12.0 Å². The quantitative estimate of drug-likeness (QED) is 0.235. The summed E-state index contributed by atoms with van der Waals surface area (Å²) in [4.78, 5) is 14.7. The van der Waals surface area contributed by atoms with Crippen LogP contribution in [0.25, 0.3) is 22.2 Å². The molecule has 1 amide bonds. The van der Waals surface area contributed by atoms with Crippen LogP contribution < -0.4 is 10.1 Å². The van der Waals surface area contributed by atoms with E-state index in [-0.39, 0.29) is 12.0 Å². The summed E-state index contributed by atoms with van der Waals surface area (Å²) >= 11 is 0. The lowest BCUT2D eigenvalue weighted by Crippen LogP contribution is -2.24. The number of hydrogen-bond acceptors (Lipinski definition) is 4. The molecule has 0 spiro atoms. The summed E-state index contributed by atoms with van der Waals surface area (Å²) in [6, 6.07) is 27.6. The van der Waals surface area contributed by atoms with Crippen molar-refractivity contribution in [2.45, 2.75) is 64.6 Å². The zero-order chi connectivity index (χ0) is 28.3. The second-order valence-corrected chi connectivity index (χ2v) is 11.9. The van der Waals surface area contributed by atoms with Crippen LogP contribution in [0.15, 0.2) is 72.8 Å². The minimum absolute atomic E-state index is 0.0204. The minimum Gasteiger partial charge on any atom is -0.489 e. The van der Waals surface area contributed by atoms with Gasteiger partial charge in [-0.2, -0.15) is 5.26 Å². The molecule has 2 aliphatic rings. The SMILES string of the molecule is CC(C)CC(=O)Nc1ccc(-c2c(C#N)c3ccc(OC4CCN(Cc5ccccc5)C4)cc3n2C2CCC2)cc1. The summed E-state index contributed by atoms with van der Waals surface area (Å²) in [5.74, 6) is 1.19. The molecule has 1 atom stereocenters. The van der Waals surface area contributed by atoms with E-state index in [1.54, 1.807) is 0 Å². The van der Waals surface area contributed by atoms with Gasteiger partial charge in [0.25, 0.3) is 0 Å². The second kappa shape index (κ2) is 11.8. The number of nitriles is 1. The molecule has 1 saturated carbocycles. The lowest BCUT2D eigenvalue weighted by molar-refractivity contribution is -0.116.